The second-order valence-corrected chi connectivity index (χ2v) is 4.70. The van der Waals surface area contributed by atoms with Gasteiger partial charge in [0.15, 0.2) is 0 Å². The zero-order valence-electron chi connectivity index (χ0n) is 9.72. The number of alkyl halides is 2. The van der Waals surface area contributed by atoms with Gasteiger partial charge in [0.2, 0.25) is 0 Å². The predicted octanol–water partition coefficient (Wildman–Crippen LogP) is 3.01. The molecule has 0 amide bonds. The number of aryl methyl sites for hydroxylation is 1. The lowest BCUT2D eigenvalue weighted by molar-refractivity contribution is 0.119. The predicted molar refractivity (Wildman–Crippen MR) is 56.3 cm³/mol. The summed E-state index contributed by atoms with van der Waals surface area (Å²) in [7, 11) is 0. The molecular weight excluding hydrogens is 198 g/mol. The van der Waals surface area contributed by atoms with Crippen molar-refractivity contribution in [3.8, 4) is 0 Å². The van der Waals surface area contributed by atoms with E-state index in [0.717, 1.165) is 17.8 Å². The quantitative estimate of drug-likeness (QED) is 0.759. The maximum Gasteiger partial charge on any atom is 0.257 e. The molecule has 0 aliphatic carbocycles. The lowest BCUT2D eigenvalue weighted by atomic mass is 9.92. The molecule has 0 saturated carbocycles. The molecule has 2 nitrogen and oxygen atoms in total. The van der Waals surface area contributed by atoms with Gasteiger partial charge in [0.25, 0.3) is 6.43 Å². The van der Waals surface area contributed by atoms with Gasteiger partial charge in [0, 0.05) is 11.1 Å². The standard InChI is InChI=1S/C11H18F2N2/c1-5-8-6-9(11(2,3)4)15(14-8)7-10(12)13/h6,10H,5,7H2,1-4H3. The van der Waals surface area contributed by atoms with Crippen LogP contribution in [0.15, 0.2) is 6.07 Å². The molecule has 0 unspecified atom stereocenters. The number of rotatable bonds is 3. The minimum Gasteiger partial charge on any atom is -0.263 e. The molecule has 15 heavy (non-hydrogen) atoms. The molecule has 0 fully saturated rings. The van der Waals surface area contributed by atoms with Gasteiger partial charge in [-0.3, -0.25) is 4.68 Å². The van der Waals surface area contributed by atoms with E-state index in [9.17, 15) is 8.78 Å². The van der Waals surface area contributed by atoms with Crippen molar-refractivity contribution < 1.29 is 8.78 Å². The highest BCUT2D eigenvalue weighted by Gasteiger charge is 2.21. The molecule has 1 heterocycles. The fourth-order valence-electron chi connectivity index (χ4n) is 1.52. The zero-order valence-corrected chi connectivity index (χ0v) is 9.72. The van der Waals surface area contributed by atoms with Crippen LogP contribution in [0.4, 0.5) is 8.78 Å². The van der Waals surface area contributed by atoms with Crippen molar-refractivity contribution >= 4 is 0 Å². The van der Waals surface area contributed by atoms with Crippen LogP contribution < -0.4 is 0 Å². The molecule has 1 rings (SSSR count). The summed E-state index contributed by atoms with van der Waals surface area (Å²) >= 11 is 0. The maximum absolute atomic E-state index is 12.3. The van der Waals surface area contributed by atoms with Gasteiger partial charge in [0.1, 0.15) is 6.54 Å². The highest BCUT2D eigenvalue weighted by molar-refractivity contribution is 5.18. The van der Waals surface area contributed by atoms with Crippen molar-refractivity contribution in [2.45, 2.75) is 52.5 Å². The third kappa shape index (κ3) is 3.01. The average molecular weight is 216 g/mol. The normalized spacial score (nSPS) is 12.5. The summed E-state index contributed by atoms with van der Waals surface area (Å²) in [5.74, 6) is 0. The molecule has 0 N–H and O–H groups in total. The summed E-state index contributed by atoms with van der Waals surface area (Å²) in [6.07, 6.45) is -1.57. The molecule has 0 aliphatic rings. The molecule has 0 atom stereocenters. The summed E-state index contributed by atoms with van der Waals surface area (Å²) < 4.78 is 26.1. The van der Waals surface area contributed by atoms with Gasteiger partial charge in [0.05, 0.1) is 5.69 Å². The zero-order chi connectivity index (χ0) is 11.6. The average Bonchev–Trinajstić information content (AvgIpc) is 2.45. The van der Waals surface area contributed by atoms with Crippen molar-refractivity contribution in [2.75, 3.05) is 0 Å². The molecule has 0 aliphatic heterocycles. The van der Waals surface area contributed by atoms with Gasteiger partial charge in [-0.2, -0.15) is 5.10 Å². The van der Waals surface area contributed by atoms with Crippen LogP contribution in [0.2, 0.25) is 0 Å². The summed E-state index contributed by atoms with van der Waals surface area (Å²) in [5.41, 5.74) is 1.61. The Balaban J connectivity index is 3.06. The highest BCUT2D eigenvalue weighted by atomic mass is 19.3. The number of hydrogen-bond acceptors (Lipinski definition) is 1. The molecule has 4 heteroatoms. The van der Waals surface area contributed by atoms with Gasteiger partial charge in [-0.15, -0.1) is 0 Å². The Kier molecular flexibility index (Phi) is 3.47. The van der Waals surface area contributed by atoms with Crippen LogP contribution in [-0.2, 0) is 18.4 Å². The van der Waals surface area contributed by atoms with E-state index in [0.29, 0.717) is 0 Å². The van der Waals surface area contributed by atoms with E-state index in [1.54, 1.807) is 0 Å². The summed E-state index contributed by atoms with van der Waals surface area (Å²) in [5, 5.41) is 4.17. The Morgan fingerprint density at radius 2 is 2.00 bits per heavy atom. The van der Waals surface area contributed by atoms with Crippen molar-refractivity contribution in [3.63, 3.8) is 0 Å². The van der Waals surface area contributed by atoms with Crippen LogP contribution in [0.5, 0.6) is 0 Å². The molecule has 0 spiro atoms. The van der Waals surface area contributed by atoms with E-state index >= 15 is 0 Å². The Bertz CT molecular complexity index is 324. The van der Waals surface area contributed by atoms with E-state index in [2.05, 4.69) is 5.10 Å². The molecule has 1 aromatic heterocycles. The van der Waals surface area contributed by atoms with Gasteiger partial charge in [-0.25, -0.2) is 8.78 Å². The molecule has 0 aromatic carbocycles. The van der Waals surface area contributed by atoms with Gasteiger partial charge in [-0.1, -0.05) is 27.7 Å². The second-order valence-electron chi connectivity index (χ2n) is 4.70. The lowest BCUT2D eigenvalue weighted by Gasteiger charge is -2.19. The molecular formula is C11H18F2N2. The Labute approximate surface area is 89.3 Å². The number of nitrogens with zero attached hydrogens (tertiary/aromatic N) is 2. The molecule has 0 radical (unpaired) electrons. The van der Waals surface area contributed by atoms with Crippen molar-refractivity contribution in [3.05, 3.63) is 17.5 Å². The van der Waals surface area contributed by atoms with Crippen molar-refractivity contribution in [1.82, 2.24) is 9.78 Å². The smallest absolute Gasteiger partial charge is 0.257 e. The largest absolute Gasteiger partial charge is 0.263 e. The molecule has 0 saturated heterocycles. The van der Waals surface area contributed by atoms with E-state index in [-0.39, 0.29) is 12.0 Å². The summed E-state index contributed by atoms with van der Waals surface area (Å²) in [6.45, 7) is 7.68. The third-order valence-electron chi connectivity index (χ3n) is 2.27. The topological polar surface area (TPSA) is 17.8 Å². The Hall–Kier alpha value is -0.930. The monoisotopic (exact) mass is 216 g/mol. The first-order valence-corrected chi connectivity index (χ1v) is 5.20. The van der Waals surface area contributed by atoms with E-state index in [1.807, 2.05) is 33.8 Å². The summed E-state index contributed by atoms with van der Waals surface area (Å²) in [4.78, 5) is 0. The van der Waals surface area contributed by atoms with Crippen LogP contribution in [0.3, 0.4) is 0 Å². The molecule has 86 valence electrons. The number of halogens is 2. The van der Waals surface area contributed by atoms with Crippen molar-refractivity contribution in [1.29, 1.82) is 0 Å². The lowest BCUT2D eigenvalue weighted by Crippen LogP contribution is -2.20. The Morgan fingerprint density at radius 3 is 2.40 bits per heavy atom. The van der Waals surface area contributed by atoms with Crippen molar-refractivity contribution in [2.24, 2.45) is 0 Å². The first-order valence-electron chi connectivity index (χ1n) is 5.20. The van der Waals surface area contributed by atoms with Crippen LogP contribution in [-0.4, -0.2) is 16.2 Å². The molecule has 0 bridgehead atoms. The van der Waals surface area contributed by atoms with Crippen LogP contribution >= 0.6 is 0 Å². The second kappa shape index (κ2) is 4.29. The first-order chi connectivity index (χ1) is 6.84. The van der Waals surface area contributed by atoms with E-state index in [1.165, 1.54) is 4.68 Å². The third-order valence-corrected chi connectivity index (χ3v) is 2.27. The minimum atomic E-state index is -2.35. The van der Waals surface area contributed by atoms with Gasteiger partial charge < -0.3 is 0 Å². The van der Waals surface area contributed by atoms with Gasteiger partial charge >= 0.3 is 0 Å². The number of aromatic nitrogens is 2. The van der Waals surface area contributed by atoms with Crippen LogP contribution in [0.1, 0.15) is 39.1 Å². The summed E-state index contributed by atoms with van der Waals surface area (Å²) in [6, 6.07) is 1.92. The van der Waals surface area contributed by atoms with E-state index < -0.39 is 6.43 Å². The molecule has 1 aromatic rings. The fraction of sp³-hybridized carbons (Fsp3) is 0.727. The highest BCUT2D eigenvalue weighted by Crippen LogP contribution is 2.23. The van der Waals surface area contributed by atoms with Crippen LogP contribution in [0, 0.1) is 0 Å². The minimum absolute atomic E-state index is 0.144. The SMILES string of the molecule is CCc1cc(C(C)(C)C)n(CC(F)F)n1. The van der Waals surface area contributed by atoms with Gasteiger partial charge in [-0.05, 0) is 12.5 Å². The Morgan fingerprint density at radius 1 is 1.40 bits per heavy atom. The fourth-order valence-corrected chi connectivity index (χ4v) is 1.52. The number of hydrogen-bond donors (Lipinski definition) is 0. The van der Waals surface area contributed by atoms with Crippen LogP contribution in [0.25, 0.3) is 0 Å². The first kappa shape index (κ1) is 12.1. The van der Waals surface area contributed by atoms with E-state index in [4.69, 9.17) is 0 Å². The maximum atomic E-state index is 12.3.